The van der Waals surface area contributed by atoms with Crippen molar-refractivity contribution in [2.75, 3.05) is 5.32 Å². The summed E-state index contributed by atoms with van der Waals surface area (Å²) in [4.78, 5) is 17.0. The molecule has 1 N–H and O–H groups in total. The van der Waals surface area contributed by atoms with Crippen LogP contribution in [0, 0.1) is 6.92 Å². The molecule has 0 fully saturated rings. The molecule has 7 nitrogen and oxygen atoms in total. The van der Waals surface area contributed by atoms with Crippen LogP contribution in [-0.4, -0.2) is 31.1 Å². The summed E-state index contributed by atoms with van der Waals surface area (Å²) in [5.41, 5.74) is 4.19. The van der Waals surface area contributed by atoms with E-state index < -0.39 is 0 Å². The first-order chi connectivity index (χ1) is 12.7. The fourth-order valence-corrected chi connectivity index (χ4v) is 2.77. The minimum Gasteiger partial charge on any atom is -0.324 e. The van der Waals surface area contributed by atoms with Gasteiger partial charge in [-0.2, -0.15) is 0 Å². The molecule has 0 aliphatic rings. The normalized spacial score (nSPS) is 10.8. The van der Waals surface area contributed by atoms with Crippen molar-refractivity contribution in [3.05, 3.63) is 72.2 Å². The van der Waals surface area contributed by atoms with E-state index in [9.17, 15) is 4.79 Å². The highest BCUT2D eigenvalue weighted by molar-refractivity contribution is 6.00. The number of nitrogens with one attached hydrogen (secondary N) is 1. The summed E-state index contributed by atoms with van der Waals surface area (Å²) in [5.74, 6) is -0.0871. The molecule has 0 bridgehead atoms. The molecule has 2 heterocycles. The van der Waals surface area contributed by atoms with Gasteiger partial charge < -0.3 is 5.32 Å². The van der Waals surface area contributed by atoms with Gasteiger partial charge in [-0.15, -0.1) is 5.10 Å². The first-order valence-corrected chi connectivity index (χ1v) is 8.17. The van der Waals surface area contributed by atoms with Crippen LogP contribution in [0.25, 0.3) is 16.6 Å². The molecule has 0 unspecified atom stereocenters. The number of rotatable bonds is 4. The van der Waals surface area contributed by atoms with Crippen LogP contribution < -0.4 is 5.32 Å². The Balaban J connectivity index is 1.50. The number of tetrazole rings is 1. The Kier molecular flexibility index (Phi) is 4.10. The molecule has 7 heteroatoms. The average molecular weight is 344 g/mol. The van der Waals surface area contributed by atoms with Crippen molar-refractivity contribution in [1.82, 2.24) is 25.2 Å². The minimum absolute atomic E-state index is 0.0871. The number of aryl methyl sites for hydroxylation is 1. The highest BCUT2D eigenvalue weighted by atomic mass is 16.1. The van der Waals surface area contributed by atoms with E-state index in [1.165, 1.54) is 6.33 Å². The summed E-state index contributed by atoms with van der Waals surface area (Å²) in [6, 6.07) is 17.3. The molecule has 4 rings (SSSR count). The Morgan fingerprint density at radius 3 is 2.69 bits per heavy atom. The second-order valence-corrected chi connectivity index (χ2v) is 5.98. The number of pyridine rings is 1. The van der Waals surface area contributed by atoms with Crippen molar-refractivity contribution in [2.24, 2.45) is 0 Å². The molecule has 0 radical (unpaired) electrons. The summed E-state index contributed by atoms with van der Waals surface area (Å²) in [6.07, 6.45) is 1.80. The molecule has 0 aliphatic carbocycles. The molecule has 0 saturated heterocycles. The van der Waals surface area contributed by atoms with Crippen LogP contribution in [0.2, 0.25) is 0 Å². The highest BCUT2D eigenvalue weighted by Gasteiger charge is 2.08. The maximum absolute atomic E-state index is 12.4. The third-order valence-electron chi connectivity index (χ3n) is 4.05. The van der Waals surface area contributed by atoms with Gasteiger partial charge in [-0.3, -0.25) is 9.78 Å². The lowest BCUT2D eigenvalue weighted by molar-refractivity contribution is -0.115. The number of amides is 1. The number of carbonyl (C=O) groups excluding carboxylic acids is 1. The number of anilines is 1. The lowest BCUT2D eigenvalue weighted by Gasteiger charge is -2.09. The molecular weight excluding hydrogens is 328 g/mol. The third-order valence-corrected chi connectivity index (χ3v) is 4.05. The number of para-hydroxylation sites is 1. The van der Waals surface area contributed by atoms with E-state index in [2.05, 4.69) is 25.8 Å². The van der Waals surface area contributed by atoms with Crippen LogP contribution in [0.3, 0.4) is 0 Å². The molecule has 2 aromatic heterocycles. The van der Waals surface area contributed by atoms with Crippen molar-refractivity contribution >= 4 is 22.5 Å². The van der Waals surface area contributed by atoms with E-state index in [1.54, 1.807) is 4.68 Å². The van der Waals surface area contributed by atoms with Gasteiger partial charge >= 0.3 is 0 Å². The minimum atomic E-state index is -0.0871. The summed E-state index contributed by atoms with van der Waals surface area (Å²) < 4.78 is 1.56. The Bertz CT molecular complexity index is 1060. The molecule has 0 atom stereocenters. The van der Waals surface area contributed by atoms with Crippen molar-refractivity contribution in [2.45, 2.75) is 13.3 Å². The van der Waals surface area contributed by atoms with E-state index in [1.807, 2.05) is 61.5 Å². The van der Waals surface area contributed by atoms with Crippen LogP contribution in [0.4, 0.5) is 5.69 Å². The predicted octanol–water partition coefficient (Wildman–Crippen LogP) is 2.70. The number of hydrogen-bond donors (Lipinski definition) is 1. The summed E-state index contributed by atoms with van der Waals surface area (Å²) in [5, 5.41) is 15.0. The number of benzene rings is 2. The lowest BCUT2D eigenvalue weighted by atomic mass is 10.1. The smallest absolute Gasteiger partial charge is 0.228 e. The van der Waals surface area contributed by atoms with Gasteiger partial charge in [0.15, 0.2) is 0 Å². The summed E-state index contributed by atoms with van der Waals surface area (Å²) in [7, 11) is 0. The number of nitrogens with zero attached hydrogens (tertiary/aromatic N) is 5. The van der Waals surface area contributed by atoms with Crippen LogP contribution in [-0.2, 0) is 11.2 Å². The van der Waals surface area contributed by atoms with Gasteiger partial charge in [0.25, 0.3) is 0 Å². The number of hydrogen-bond acceptors (Lipinski definition) is 5. The molecule has 4 aromatic rings. The lowest BCUT2D eigenvalue weighted by Crippen LogP contribution is -2.15. The number of carbonyl (C=O) groups is 1. The fraction of sp³-hybridized carbons (Fsp3) is 0.105. The quantitative estimate of drug-likeness (QED) is 0.615. The van der Waals surface area contributed by atoms with Crippen LogP contribution >= 0.6 is 0 Å². The standard InChI is InChI=1S/C19H16N6O/c1-13-5-8-15-3-2-4-17(19(15)21-13)22-18(26)11-14-6-9-16(10-7-14)25-12-20-23-24-25/h2-10,12H,11H2,1H3,(H,22,26). The second-order valence-electron chi connectivity index (χ2n) is 5.98. The van der Waals surface area contributed by atoms with Gasteiger partial charge in [0.1, 0.15) is 6.33 Å². The Morgan fingerprint density at radius 1 is 1.08 bits per heavy atom. The van der Waals surface area contributed by atoms with E-state index >= 15 is 0 Å². The van der Waals surface area contributed by atoms with Crippen LogP contribution in [0.15, 0.2) is 60.9 Å². The van der Waals surface area contributed by atoms with Gasteiger partial charge in [0, 0.05) is 11.1 Å². The maximum atomic E-state index is 12.4. The second kappa shape index (κ2) is 6.72. The molecule has 1 amide bonds. The molecule has 26 heavy (non-hydrogen) atoms. The van der Waals surface area contributed by atoms with Gasteiger partial charge in [0.2, 0.25) is 5.91 Å². The van der Waals surface area contributed by atoms with E-state index in [0.29, 0.717) is 0 Å². The zero-order chi connectivity index (χ0) is 17.9. The van der Waals surface area contributed by atoms with Crippen molar-refractivity contribution in [3.63, 3.8) is 0 Å². The topological polar surface area (TPSA) is 85.6 Å². The highest BCUT2D eigenvalue weighted by Crippen LogP contribution is 2.22. The summed E-state index contributed by atoms with van der Waals surface area (Å²) in [6.45, 7) is 1.93. The Morgan fingerprint density at radius 2 is 1.92 bits per heavy atom. The third kappa shape index (κ3) is 3.27. The largest absolute Gasteiger partial charge is 0.324 e. The average Bonchev–Trinajstić information content (AvgIpc) is 3.17. The SMILES string of the molecule is Cc1ccc2cccc(NC(=O)Cc3ccc(-n4cnnn4)cc3)c2n1. The summed E-state index contributed by atoms with van der Waals surface area (Å²) >= 11 is 0. The number of fused-ring (bicyclic) bond motifs is 1. The maximum Gasteiger partial charge on any atom is 0.228 e. The monoisotopic (exact) mass is 344 g/mol. The molecular formula is C19H16N6O. The van der Waals surface area contributed by atoms with Gasteiger partial charge in [-0.25, -0.2) is 4.68 Å². The first-order valence-electron chi connectivity index (χ1n) is 8.17. The molecule has 2 aromatic carbocycles. The zero-order valence-corrected chi connectivity index (χ0v) is 14.1. The molecule has 128 valence electrons. The first kappa shape index (κ1) is 15.9. The van der Waals surface area contributed by atoms with Crippen molar-refractivity contribution < 1.29 is 4.79 Å². The molecule has 0 aliphatic heterocycles. The van der Waals surface area contributed by atoms with Crippen molar-refractivity contribution in [1.29, 1.82) is 0 Å². The Hall–Kier alpha value is -3.61. The Labute approximate surface area is 149 Å². The molecule has 0 saturated carbocycles. The number of aromatic nitrogens is 5. The fourth-order valence-electron chi connectivity index (χ4n) is 2.77. The van der Waals surface area contributed by atoms with E-state index in [0.717, 1.165) is 33.5 Å². The van der Waals surface area contributed by atoms with Gasteiger partial charge in [-0.05, 0) is 47.2 Å². The zero-order valence-electron chi connectivity index (χ0n) is 14.1. The van der Waals surface area contributed by atoms with Gasteiger partial charge in [-0.1, -0.05) is 30.3 Å². The van der Waals surface area contributed by atoms with Crippen molar-refractivity contribution in [3.8, 4) is 5.69 Å². The van der Waals surface area contributed by atoms with E-state index in [4.69, 9.17) is 0 Å². The van der Waals surface area contributed by atoms with Gasteiger partial charge in [0.05, 0.1) is 23.3 Å². The van der Waals surface area contributed by atoms with Crippen LogP contribution in [0.1, 0.15) is 11.3 Å². The molecule has 0 spiro atoms. The van der Waals surface area contributed by atoms with Crippen LogP contribution in [0.5, 0.6) is 0 Å². The van der Waals surface area contributed by atoms with E-state index in [-0.39, 0.29) is 12.3 Å². The predicted molar refractivity (Wildman–Crippen MR) is 98.0 cm³/mol.